The summed E-state index contributed by atoms with van der Waals surface area (Å²) in [6.07, 6.45) is 0. The number of nitrogens with zero attached hydrogens (tertiary/aromatic N) is 2. The molecule has 0 aliphatic heterocycles. The summed E-state index contributed by atoms with van der Waals surface area (Å²) in [7, 11) is 0. The summed E-state index contributed by atoms with van der Waals surface area (Å²) in [4.78, 5) is 0. The van der Waals surface area contributed by atoms with Crippen molar-refractivity contribution in [3.8, 4) is 55.9 Å². The van der Waals surface area contributed by atoms with Crippen LogP contribution in [0.3, 0.4) is 0 Å². The third-order valence-electron chi connectivity index (χ3n) is 12.9. The maximum absolute atomic E-state index is 2.43. The van der Waals surface area contributed by atoms with Crippen LogP contribution >= 0.6 is 0 Å². The van der Waals surface area contributed by atoms with Crippen LogP contribution in [0.2, 0.25) is 0 Å². The van der Waals surface area contributed by atoms with Crippen molar-refractivity contribution in [2.45, 2.75) is 19.3 Å². The Kier molecular flexibility index (Phi) is 7.31. The Morgan fingerprint density at radius 2 is 0.712 bits per heavy atom. The maximum Gasteiger partial charge on any atom is 0.0541 e. The molecule has 0 N–H and O–H groups in total. The first-order chi connectivity index (χ1) is 29.0. The zero-order chi connectivity index (χ0) is 39.2. The second-order valence-corrected chi connectivity index (χ2v) is 16.6. The molecule has 2 nitrogen and oxygen atoms in total. The van der Waals surface area contributed by atoms with Gasteiger partial charge in [-0.15, -0.1) is 0 Å². The van der Waals surface area contributed by atoms with Crippen molar-refractivity contribution in [2.75, 3.05) is 0 Å². The number of benzene rings is 9. The average molecular weight is 753 g/mol. The summed E-state index contributed by atoms with van der Waals surface area (Å²) in [5.41, 5.74) is 19.9. The van der Waals surface area contributed by atoms with Gasteiger partial charge in [-0.25, -0.2) is 0 Å². The van der Waals surface area contributed by atoms with Crippen LogP contribution in [0.25, 0.3) is 99.5 Å². The quantitative estimate of drug-likeness (QED) is 0.166. The van der Waals surface area contributed by atoms with Crippen molar-refractivity contribution in [3.63, 3.8) is 0 Å². The van der Waals surface area contributed by atoms with Crippen molar-refractivity contribution in [2.24, 2.45) is 0 Å². The minimum atomic E-state index is -0.0509. The van der Waals surface area contributed by atoms with Gasteiger partial charge in [0.15, 0.2) is 0 Å². The predicted molar refractivity (Wildman–Crippen MR) is 249 cm³/mol. The third kappa shape index (κ3) is 5.13. The number of hydrogen-bond donors (Lipinski definition) is 0. The number of para-hydroxylation sites is 2. The van der Waals surface area contributed by atoms with Gasteiger partial charge in [-0.1, -0.05) is 147 Å². The topological polar surface area (TPSA) is 9.86 Å². The fourth-order valence-electron chi connectivity index (χ4n) is 9.99. The van der Waals surface area contributed by atoms with Gasteiger partial charge in [0.2, 0.25) is 0 Å². The first-order valence-corrected chi connectivity index (χ1v) is 20.6. The zero-order valence-electron chi connectivity index (χ0n) is 33.0. The molecule has 2 heterocycles. The Morgan fingerprint density at radius 1 is 0.288 bits per heavy atom. The smallest absolute Gasteiger partial charge is 0.0541 e. The largest absolute Gasteiger partial charge is 0.309 e. The van der Waals surface area contributed by atoms with Gasteiger partial charge in [-0.2, -0.15) is 0 Å². The Hall–Kier alpha value is -7.42. The van der Waals surface area contributed by atoms with Crippen LogP contribution in [0.5, 0.6) is 0 Å². The molecule has 2 aromatic heterocycles. The van der Waals surface area contributed by atoms with E-state index in [1.54, 1.807) is 0 Å². The summed E-state index contributed by atoms with van der Waals surface area (Å²) >= 11 is 0. The molecule has 12 rings (SSSR count). The van der Waals surface area contributed by atoms with E-state index in [2.05, 4.69) is 229 Å². The number of rotatable bonds is 5. The molecule has 1 aliphatic carbocycles. The van der Waals surface area contributed by atoms with Crippen LogP contribution in [0.15, 0.2) is 206 Å². The molecule has 0 spiro atoms. The van der Waals surface area contributed by atoms with Gasteiger partial charge in [0.25, 0.3) is 0 Å². The van der Waals surface area contributed by atoms with Crippen LogP contribution in [-0.2, 0) is 5.41 Å². The molecule has 0 saturated carbocycles. The van der Waals surface area contributed by atoms with Crippen LogP contribution in [0, 0.1) is 0 Å². The predicted octanol–water partition coefficient (Wildman–Crippen LogP) is 15.2. The molecule has 0 atom stereocenters. The molecule has 2 heteroatoms. The molecule has 59 heavy (non-hydrogen) atoms. The molecule has 0 amide bonds. The summed E-state index contributed by atoms with van der Waals surface area (Å²) in [5.74, 6) is 0. The molecular formula is C57H40N2. The van der Waals surface area contributed by atoms with Crippen molar-refractivity contribution in [3.05, 3.63) is 217 Å². The molecule has 1 aliphatic rings. The first kappa shape index (κ1) is 33.7. The van der Waals surface area contributed by atoms with Gasteiger partial charge in [0.05, 0.1) is 22.1 Å². The highest BCUT2D eigenvalue weighted by Gasteiger charge is 2.35. The molecule has 0 saturated heterocycles. The lowest BCUT2D eigenvalue weighted by Gasteiger charge is -2.22. The van der Waals surface area contributed by atoms with E-state index in [1.807, 2.05) is 0 Å². The molecule has 0 bridgehead atoms. The third-order valence-corrected chi connectivity index (χ3v) is 12.9. The zero-order valence-corrected chi connectivity index (χ0v) is 33.0. The van der Waals surface area contributed by atoms with Crippen LogP contribution in [0.4, 0.5) is 0 Å². The molecule has 0 radical (unpaired) electrons. The van der Waals surface area contributed by atoms with Crippen molar-refractivity contribution < 1.29 is 0 Å². The number of fused-ring (bicyclic) bond motifs is 9. The van der Waals surface area contributed by atoms with Gasteiger partial charge in [0.1, 0.15) is 0 Å². The van der Waals surface area contributed by atoms with E-state index >= 15 is 0 Å². The Bertz CT molecular complexity index is 3440. The van der Waals surface area contributed by atoms with E-state index in [0.717, 1.165) is 11.4 Å². The maximum atomic E-state index is 2.43. The van der Waals surface area contributed by atoms with Gasteiger partial charge in [0, 0.05) is 38.3 Å². The molecule has 9 aromatic carbocycles. The van der Waals surface area contributed by atoms with Gasteiger partial charge >= 0.3 is 0 Å². The molecular weight excluding hydrogens is 713 g/mol. The normalized spacial score (nSPS) is 13.1. The van der Waals surface area contributed by atoms with Crippen LogP contribution < -0.4 is 0 Å². The summed E-state index contributed by atoms with van der Waals surface area (Å²) in [5, 5.41) is 5.01. The number of hydrogen-bond acceptors (Lipinski definition) is 0. The van der Waals surface area contributed by atoms with Gasteiger partial charge in [-0.3, -0.25) is 0 Å². The van der Waals surface area contributed by atoms with Crippen molar-refractivity contribution in [1.82, 2.24) is 9.13 Å². The monoisotopic (exact) mass is 752 g/mol. The molecule has 0 fully saturated rings. The van der Waals surface area contributed by atoms with E-state index in [4.69, 9.17) is 0 Å². The van der Waals surface area contributed by atoms with Crippen molar-refractivity contribution in [1.29, 1.82) is 0 Å². The Balaban J connectivity index is 1.00. The van der Waals surface area contributed by atoms with E-state index < -0.39 is 0 Å². The highest BCUT2D eigenvalue weighted by molar-refractivity contribution is 6.13. The van der Waals surface area contributed by atoms with E-state index in [1.165, 1.54) is 99.2 Å². The fraction of sp³-hybridized carbons (Fsp3) is 0.0526. The minimum Gasteiger partial charge on any atom is -0.309 e. The lowest BCUT2D eigenvalue weighted by atomic mass is 9.81. The van der Waals surface area contributed by atoms with Gasteiger partial charge < -0.3 is 9.13 Å². The lowest BCUT2D eigenvalue weighted by Crippen LogP contribution is -2.14. The molecule has 11 aromatic rings. The highest BCUT2D eigenvalue weighted by Crippen LogP contribution is 2.50. The standard InChI is InChI=1S/C57H40N2/c1-57(2)51-19-11-9-17-45(51)46-29-23-42(36-52(46)57)41-26-32-56-50(35-41)49-34-40(25-31-55(49)58(56)43-15-7-4-8-16-43)39-24-30-54-48(33-39)47-18-10-12-20-53(47)59(54)44-27-21-38(22-28-44)37-13-5-3-6-14-37/h3-36H,1-2H3. The molecule has 0 unspecified atom stereocenters. The SMILES string of the molecule is CC1(C)c2ccccc2-c2ccc(-c3ccc4c(c3)c3cc(-c5ccc6c(c5)c5ccccc5n6-c5ccc(-c6ccccc6)cc5)ccc3n4-c3ccccc3)cc21. The summed E-state index contributed by atoms with van der Waals surface area (Å²) in [6, 6.07) is 76.1. The number of aromatic nitrogens is 2. The van der Waals surface area contributed by atoms with Gasteiger partial charge in [-0.05, 0) is 128 Å². The van der Waals surface area contributed by atoms with Crippen LogP contribution in [-0.4, -0.2) is 9.13 Å². The van der Waals surface area contributed by atoms with E-state index in [9.17, 15) is 0 Å². The van der Waals surface area contributed by atoms with Crippen LogP contribution in [0.1, 0.15) is 25.0 Å². The second-order valence-electron chi connectivity index (χ2n) is 16.6. The molecule has 278 valence electrons. The van der Waals surface area contributed by atoms with Crippen molar-refractivity contribution >= 4 is 43.6 Å². The second kappa shape index (κ2) is 12.8. The highest BCUT2D eigenvalue weighted by atomic mass is 15.0. The lowest BCUT2D eigenvalue weighted by molar-refractivity contribution is 0.660. The first-order valence-electron chi connectivity index (χ1n) is 20.6. The summed E-state index contributed by atoms with van der Waals surface area (Å²) in [6.45, 7) is 4.72. The average Bonchev–Trinajstić information content (AvgIpc) is 3.89. The van der Waals surface area contributed by atoms with E-state index in [0.29, 0.717) is 0 Å². The Labute approximate surface area is 343 Å². The Morgan fingerprint density at radius 3 is 1.36 bits per heavy atom. The summed E-state index contributed by atoms with van der Waals surface area (Å²) < 4.78 is 4.82. The van der Waals surface area contributed by atoms with E-state index in [-0.39, 0.29) is 5.41 Å². The minimum absolute atomic E-state index is 0.0509. The fourth-order valence-corrected chi connectivity index (χ4v) is 9.99.